The first-order chi connectivity index (χ1) is 19.8. The molecule has 222 valence electrons. The highest BCUT2D eigenvalue weighted by Gasteiger charge is 2.44. The molecule has 0 saturated carbocycles. The van der Waals surface area contributed by atoms with Crippen molar-refractivity contribution >= 4 is 51.0 Å². The smallest absolute Gasteiger partial charge is 0.320 e. The van der Waals surface area contributed by atoms with Gasteiger partial charge in [-0.25, -0.2) is 14.2 Å². The molecule has 1 aromatic heterocycles. The Hall–Kier alpha value is -4.26. The van der Waals surface area contributed by atoms with Gasteiger partial charge in [0.05, 0.1) is 36.7 Å². The summed E-state index contributed by atoms with van der Waals surface area (Å²) in [6.45, 7) is 7.58. The standard InChI is InChI=1S/C29H32FN5O6S/c1-28(2,3)29(4,26-33-23-19(41-6)11-14(40-5)12-20(23)42-26)34-27(39)31-17-8-7-15-16(22(17)30)13-35(25(15)38)18-9-10-21(36)32-24(18)37/h7-8,11-12,18H,9-10,13H2,1-6H3,(H2,31,34,39)(H,32,36,37)/t18?,29-/m1/s1. The van der Waals surface area contributed by atoms with Crippen LogP contribution in [0.4, 0.5) is 14.9 Å². The molecule has 0 bridgehead atoms. The minimum absolute atomic E-state index is 0.0771. The fourth-order valence-corrected chi connectivity index (χ4v) is 6.43. The molecule has 2 aliphatic rings. The zero-order valence-corrected chi connectivity index (χ0v) is 25.0. The van der Waals surface area contributed by atoms with E-state index < -0.39 is 46.6 Å². The molecule has 2 aromatic carbocycles. The van der Waals surface area contributed by atoms with Crippen LogP contribution < -0.4 is 25.4 Å². The Morgan fingerprint density at radius 2 is 1.88 bits per heavy atom. The summed E-state index contributed by atoms with van der Waals surface area (Å²) in [5.41, 5.74) is -0.817. The van der Waals surface area contributed by atoms with Crippen LogP contribution in [0.2, 0.25) is 0 Å². The summed E-state index contributed by atoms with van der Waals surface area (Å²) < 4.78 is 27.4. The number of aromatic nitrogens is 1. The number of nitrogens with zero attached hydrogens (tertiary/aromatic N) is 2. The van der Waals surface area contributed by atoms with Gasteiger partial charge in [0.2, 0.25) is 11.8 Å². The van der Waals surface area contributed by atoms with Gasteiger partial charge in [0, 0.05) is 23.6 Å². The second kappa shape index (κ2) is 10.5. The average molecular weight is 598 g/mol. The number of fused-ring (bicyclic) bond motifs is 2. The molecular weight excluding hydrogens is 565 g/mol. The van der Waals surface area contributed by atoms with Gasteiger partial charge in [-0.3, -0.25) is 19.7 Å². The Morgan fingerprint density at radius 3 is 2.52 bits per heavy atom. The number of benzene rings is 2. The number of carbonyl (C=O) groups is 4. The summed E-state index contributed by atoms with van der Waals surface area (Å²) in [5.74, 6) is -1.11. The molecule has 13 heteroatoms. The maximum Gasteiger partial charge on any atom is 0.320 e. The minimum Gasteiger partial charge on any atom is -0.497 e. The lowest BCUT2D eigenvalue weighted by Crippen LogP contribution is -2.53. The molecule has 1 saturated heterocycles. The second-order valence-electron chi connectivity index (χ2n) is 11.5. The minimum atomic E-state index is -0.995. The second-order valence-corrected chi connectivity index (χ2v) is 12.5. The van der Waals surface area contributed by atoms with Crippen molar-refractivity contribution in [3.63, 3.8) is 0 Å². The SMILES string of the molecule is COc1cc(OC)c2nc([C@@](C)(NC(=O)Nc3ccc4c(c3F)CN(C3CCC(=O)NC3=O)C4=O)C(C)(C)C)sc2c1. The van der Waals surface area contributed by atoms with E-state index in [1.54, 1.807) is 20.3 Å². The van der Waals surface area contributed by atoms with Crippen molar-refractivity contribution in [1.29, 1.82) is 0 Å². The van der Waals surface area contributed by atoms with Crippen LogP contribution >= 0.6 is 11.3 Å². The number of anilines is 1. The van der Waals surface area contributed by atoms with E-state index in [2.05, 4.69) is 16.0 Å². The highest BCUT2D eigenvalue weighted by Crippen LogP contribution is 2.44. The fraction of sp³-hybridized carbons (Fsp3) is 0.414. The van der Waals surface area contributed by atoms with E-state index in [1.807, 2.05) is 33.8 Å². The van der Waals surface area contributed by atoms with Gasteiger partial charge < -0.3 is 25.0 Å². The molecule has 3 N–H and O–H groups in total. The van der Waals surface area contributed by atoms with Gasteiger partial charge in [0.15, 0.2) is 5.82 Å². The quantitative estimate of drug-likeness (QED) is 0.360. The number of hydrogen-bond donors (Lipinski definition) is 3. The summed E-state index contributed by atoms with van der Waals surface area (Å²) in [7, 11) is 3.11. The molecule has 3 heterocycles. The Morgan fingerprint density at radius 1 is 1.14 bits per heavy atom. The Bertz CT molecular complexity index is 1630. The number of ether oxygens (including phenoxy) is 2. The van der Waals surface area contributed by atoms with Crippen molar-refractivity contribution in [2.24, 2.45) is 5.41 Å². The molecule has 2 atom stereocenters. The number of nitrogens with one attached hydrogen (secondary N) is 3. The number of rotatable bonds is 6. The van der Waals surface area contributed by atoms with Gasteiger partial charge in [0.25, 0.3) is 5.91 Å². The lowest BCUT2D eigenvalue weighted by Gasteiger charge is -2.41. The lowest BCUT2D eigenvalue weighted by molar-refractivity contribution is -0.136. The number of imide groups is 1. The monoisotopic (exact) mass is 597 g/mol. The van der Waals surface area contributed by atoms with E-state index in [0.717, 1.165) is 4.70 Å². The third-order valence-electron chi connectivity index (χ3n) is 8.08. The van der Waals surface area contributed by atoms with Crippen molar-refractivity contribution in [3.8, 4) is 11.5 Å². The largest absolute Gasteiger partial charge is 0.497 e. The maximum absolute atomic E-state index is 15.7. The number of thiazole rings is 1. The third kappa shape index (κ3) is 4.91. The third-order valence-corrected chi connectivity index (χ3v) is 9.30. The van der Waals surface area contributed by atoms with Crippen LogP contribution in [0.15, 0.2) is 24.3 Å². The first kappa shape index (κ1) is 29.2. The highest BCUT2D eigenvalue weighted by atomic mass is 32.1. The van der Waals surface area contributed by atoms with Crippen LogP contribution in [-0.4, -0.2) is 53.9 Å². The summed E-state index contributed by atoms with van der Waals surface area (Å²) in [5, 5.41) is 8.43. The molecule has 5 rings (SSSR count). The summed E-state index contributed by atoms with van der Waals surface area (Å²) >= 11 is 1.39. The maximum atomic E-state index is 15.7. The first-order valence-electron chi connectivity index (χ1n) is 13.4. The molecule has 0 spiro atoms. The van der Waals surface area contributed by atoms with Crippen molar-refractivity contribution in [1.82, 2.24) is 20.5 Å². The first-order valence-corrected chi connectivity index (χ1v) is 14.2. The number of urea groups is 1. The van der Waals surface area contributed by atoms with Crippen LogP contribution in [0.25, 0.3) is 10.2 Å². The van der Waals surface area contributed by atoms with Gasteiger partial charge in [0.1, 0.15) is 28.1 Å². The van der Waals surface area contributed by atoms with E-state index in [9.17, 15) is 19.2 Å². The predicted octanol–water partition coefficient (Wildman–Crippen LogP) is 4.30. The van der Waals surface area contributed by atoms with E-state index in [1.165, 1.54) is 28.4 Å². The predicted molar refractivity (Wildman–Crippen MR) is 154 cm³/mol. The normalized spacial score (nSPS) is 18.4. The Balaban J connectivity index is 1.40. The van der Waals surface area contributed by atoms with Crippen LogP contribution in [0.1, 0.15) is 61.5 Å². The van der Waals surface area contributed by atoms with Gasteiger partial charge in [-0.1, -0.05) is 20.8 Å². The van der Waals surface area contributed by atoms with Gasteiger partial charge in [-0.15, -0.1) is 11.3 Å². The van der Waals surface area contributed by atoms with E-state index in [-0.39, 0.29) is 36.2 Å². The Kier molecular flexibility index (Phi) is 7.34. The number of carbonyl (C=O) groups excluding carboxylic acids is 4. The van der Waals surface area contributed by atoms with Gasteiger partial charge in [-0.2, -0.15) is 0 Å². The number of amides is 5. The molecule has 5 amide bonds. The zero-order chi connectivity index (χ0) is 30.6. The average Bonchev–Trinajstić information content (AvgIpc) is 3.51. The van der Waals surface area contributed by atoms with Gasteiger partial charge >= 0.3 is 6.03 Å². The zero-order valence-electron chi connectivity index (χ0n) is 24.1. The number of methoxy groups -OCH3 is 2. The Labute approximate surface area is 245 Å². The molecule has 11 nitrogen and oxygen atoms in total. The molecule has 0 radical (unpaired) electrons. The van der Waals surface area contributed by atoms with Crippen LogP contribution in [-0.2, 0) is 21.7 Å². The summed E-state index contributed by atoms with van der Waals surface area (Å²) in [6.07, 6.45) is 0.253. The fourth-order valence-electron chi connectivity index (χ4n) is 5.11. The molecule has 1 unspecified atom stereocenters. The summed E-state index contributed by atoms with van der Waals surface area (Å²) in [4.78, 5) is 56.3. The van der Waals surface area contributed by atoms with Crippen molar-refractivity contribution in [3.05, 3.63) is 46.2 Å². The van der Waals surface area contributed by atoms with Crippen molar-refractivity contribution < 1.29 is 33.0 Å². The van der Waals surface area contributed by atoms with Crippen LogP contribution in [0.5, 0.6) is 11.5 Å². The van der Waals surface area contributed by atoms with Crippen LogP contribution in [0, 0.1) is 11.2 Å². The van der Waals surface area contributed by atoms with Gasteiger partial charge in [-0.05, 0) is 37.0 Å². The molecule has 2 aliphatic heterocycles. The van der Waals surface area contributed by atoms with E-state index in [0.29, 0.717) is 22.0 Å². The number of halogens is 1. The van der Waals surface area contributed by atoms with Crippen LogP contribution in [0.3, 0.4) is 0 Å². The number of hydrogen-bond acceptors (Lipinski definition) is 8. The van der Waals surface area contributed by atoms with Crippen molar-refractivity contribution in [2.45, 2.75) is 58.7 Å². The highest BCUT2D eigenvalue weighted by molar-refractivity contribution is 7.18. The molecule has 3 aromatic rings. The molecular formula is C29H32FN5O6S. The van der Waals surface area contributed by atoms with E-state index >= 15 is 4.39 Å². The lowest BCUT2D eigenvalue weighted by atomic mass is 9.75. The topological polar surface area (TPSA) is 139 Å². The summed E-state index contributed by atoms with van der Waals surface area (Å²) in [6, 6.07) is 4.80. The number of piperidine rings is 1. The molecule has 42 heavy (non-hydrogen) atoms. The molecule has 0 aliphatic carbocycles. The van der Waals surface area contributed by atoms with Crippen molar-refractivity contribution in [2.75, 3.05) is 19.5 Å². The van der Waals surface area contributed by atoms with E-state index in [4.69, 9.17) is 14.5 Å². The molecule has 1 fully saturated rings.